The van der Waals surface area contributed by atoms with Gasteiger partial charge >= 0.3 is 0 Å². The van der Waals surface area contributed by atoms with Crippen molar-refractivity contribution in [2.24, 2.45) is 5.92 Å². The molecule has 0 aliphatic heterocycles. The first kappa shape index (κ1) is 21.9. The molecule has 0 aliphatic carbocycles. The van der Waals surface area contributed by atoms with Crippen LogP contribution in [0.1, 0.15) is 19.4 Å². The van der Waals surface area contributed by atoms with E-state index >= 15 is 0 Å². The maximum Gasteiger partial charge on any atom is 0.234 e. The van der Waals surface area contributed by atoms with Gasteiger partial charge in [0, 0.05) is 21.6 Å². The average Bonchev–Trinajstić information content (AvgIpc) is 3.05. The van der Waals surface area contributed by atoms with Gasteiger partial charge in [0.05, 0.1) is 11.4 Å². The van der Waals surface area contributed by atoms with E-state index < -0.39 is 0 Å². The third-order valence-corrected chi connectivity index (χ3v) is 5.97. The molecule has 3 rings (SSSR count). The summed E-state index contributed by atoms with van der Waals surface area (Å²) in [6.45, 7) is 7.05. The number of hydrogen-bond acceptors (Lipinski definition) is 4. The summed E-state index contributed by atoms with van der Waals surface area (Å²) in [5.41, 5.74) is 2.83. The summed E-state index contributed by atoms with van der Waals surface area (Å²) in [5.74, 6) is 1.34. The summed E-state index contributed by atoms with van der Waals surface area (Å²) in [6, 6.07) is 13.4. The van der Waals surface area contributed by atoms with Crippen molar-refractivity contribution in [3.63, 3.8) is 0 Å². The van der Waals surface area contributed by atoms with E-state index in [0.29, 0.717) is 10.9 Å². The first-order chi connectivity index (χ1) is 13.8. The molecule has 0 unspecified atom stereocenters. The molecule has 0 atom stereocenters. The number of benzene rings is 2. The SMILES string of the molecule is Cc1ccc(NC(=O)CSc2nnc(-c3ccc(Cl)cc3)n2CC(C)C)c(Br)c1. The van der Waals surface area contributed by atoms with Gasteiger partial charge in [-0.15, -0.1) is 10.2 Å². The normalized spacial score (nSPS) is 11.1. The number of rotatable bonds is 7. The van der Waals surface area contributed by atoms with Crippen LogP contribution in [0.5, 0.6) is 0 Å². The van der Waals surface area contributed by atoms with Crippen LogP contribution >= 0.6 is 39.3 Å². The lowest BCUT2D eigenvalue weighted by Crippen LogP contribution is -2.15. The molecule has 152 valence electrons. The van der Waals surface area contributed by atoms with Crippen LogP contribution in [-0.4, -0.2) is 26.4 Å². The summed E-state index contributed by atoms with van der Waals surface area (Å²) >= 11 is 10.9. The number of nitrogens with one attached hydrogen (secondary N) is 1. The van der Waals surface area contributed by atoms with E-state index in [0.717, 1.165) is 38.8 Å². The van der Waals surface area contributed by atoms with Crippen LogP contribution in [0.15, 0.2) is 52.1 Å². The van der Waals surface area contributed by atoms with Crippen molar-refractivity contribution in [1.82, 2.24) is 14.8 Å². The predicted molar refractivity (Wildman–Crippen MR) is 124 cm³/mol. The number of hydrogen-bond donors (Lipinski definition) is 1. The number of nitrogens with zero attached hydrogens (tertiary/aromatic N) is 3. The number of thioether (sulfide) groups is 1. The van der Waals surface area contributed by atoms with E-state index in [-0.39, 0.29) is 11.7 Å². The van der Waals surface area contributed by atoms with Gasteiger partial charge < -0.3 is 9.88 Å². The third kappa shape index (κ3) is 5.84. The average molecular weight is 494 g/mol. The van der Waals surface area contributed by atoms with Crippen LogP contribution in [0.2, 0.25) is 5.02 Å². The Bertz CT molecular complexity index is 1000. The number of aromatic nitrogens is 3. The van der Waals surface area contributed by atoms with Gasteiger partial charge in [0.2, 0.25) is 5.91 Å². The topological polar surface area (TPSA) is 59.8 Å². The van der Waals surface area contributed by atoms with Crippen molar-refractivity contribution >= 4 is 50.9 Å². The summed E-state index contributed by atoms with van der Waals surface area (Å²) < 4.78 is 2.93. The van der Waals surface area contributed by atoms with Gasteiger partial charge in [0.1, 0.15) is 0 Å². The minimum Gasteiger partial charge on any atom is -0.324 e. The van der Waals surface area contributed by atoms with Crippen LogP contribution in [0.3, 0.4) is 0 Å². The molecular formula is C21H22BrClN4OS. The summed E-state index contributed by atoms with van der Waals surface area (Å²) in [4.78, 5) is 12.4. The minimum absolute atomic E-state index is 0.0910. The van der Waals surface area contributed by atoms with Gasteiger partial charge in [-0.3, -0.25) is 4.79 Å². The second kappa shape index (κ2) is 9.78. The second-order valence-electron chi connectivity index (χ2n) is 7.14. The Balaban J connectivity index is 1.74. The molecule has 0 radical (unpaired) electrons. The minimum atomic E-state index is -0.0910. The maximum absolute atomic E-state index is 12.4. The molecule has 0 saturated carbocycles. The fourth-order valence-corrected chi connectivity index (χ4v) is 4.24. The fourth-order valence-electron chi connectivity index (χ4n) is 2.78. The Morgan fingerprint density at radius 2 is 1.93 bits per heavy atom. The third-order valence-electron chi connectivity index (χ3n) is 4.10. The highest BCUT2D eigenvalue weighted by Gasteiger charge is 2.17. The zero-order valence-corrected chi connectivity index (χ0v) is 19.6. The van der Waals surface area contributed by atoms with Crippen LogP contribution in [-0.2, 0) is 11.3 Å². The Labute approximate surface area is 188 Å². The van der Waals surface area contributed by atoms with Gasteiger partial charge in [-0.05, 0) is 70.7 Å². The quantitative estimate of drug-likeness (QED) is 0.407. The van der Waals surface area contributed by atoms with Gasteiger partial charge in [-0.2, -0.15) is 0 Å². The molecule has 1 aromatic heterocycles. The number of amides is 1. The Kier molecular flexibility index (Phi) is 7.38. The lowest BCUT2D eigenvalue weighted by molar-refractivity contribution is -0.113. The summed E-state index contributed by atoms with van der Waals surface area (Å²) in [6.07, 6.45) is 0. The number of anilines is 1. The summed E-state index contributed by atoms with van der Waals surface area (Å²) in [7, 11) is 0. The van der Waals surface area contributed by atoms with Gasteiger partial charge in [-0.1, -0.05) is 43.3 Å². The Morgan fingerprint density at radius 3 is 2.59 bits per heavy atom. The molecule has 2 aromatic carbocycles. The number of aryl methyl sites for hydroxylation is 1. The molecule has 1 N–H and O–H groups in total. The molecule has 0 spiro atoms. The highest BCUT2D eigenvalue weighted by molar-refractivity contribution is 9.10. The van der Waals surface area contributed by atoms with E-state index in [2.05, 4.69) is 49.9 Å². The van der Waals surface area contributed by atoms with Crippen molar-refractivity contribution < 1.29 is 4.79 Å². The largest absolute Gasteiger partial charge is 0.324 e. The van der Waals surface area contributed by atoms with Crippen molar-refractivity contribution in [1.29, 1.82) is 0 Å². The zero-order chi connectivity index (χ0) is 21.0. The van der Waals surface area contributed by atoms with Crippen molar-refractivity contribution in [3.8, 4) is 11.4 Å². The molecular weight excluding hydrogens is 472 g/mol. The van der Waals surface area contributed by atoms with E-state index in [1.54, 1.807) is 0 Å². The number of carbonyl (C=O) groups excluding carboxylic acids is 1. The van der Waals surface area contributed by atoms with Crippen LogP contribution in [0, 0.1) is 12.8 Å². The van der Waals surface area contributed by atoms with E-state index in [1.807, 2.05) is 49.4 Å². The molecule has 3 aromatic rings. The molecule has 5 nitrogen and oxygen atoms in total. The van der Waals surface area contributed by atoms with E-state index in [4.69, 9.17) is 11.6 Å². The van der Waals surface area contributed by atoms with Crippen molar-refractivity contribution in [2.45, 2.75) is 32.5 Å². The molecule has 29 heavy (non-hydrogen) atoms. The monoisotopic (exact) mass is 492 g/mol. The number of halogens is 2. The Morgan fingerprint density at radius 1 is 1.21 bits per heavy atom. The Hall–Kier alpha value is -1.83. The highest BCUT2D eigenvalue weighted by atomic mass is 79.9. The second-order valence-corrected chi connectivity index (χ2v) is 9.37. The van der Waals surface area contributed by atoms with Crippen LogP contribution < -0.4 is 5.32 Å². The fraction of sp³-hybridized carbons (Fsp3) is 0.286. The smallest absolute Gasteiger partial charge is 0.234 e. The first-order valence-corrected chi connectivity index (χ1v) is 11.4. The standard InChI is InChI=1S/C21H22BrClN4OS/c1-13(2)11-27-20(15-5-7-16(23)8-6-15)25-26-21(27)29-12-19(28)24-18-9-4-14(3)10-17(18)22/h4-10,13H,11-12H2,1-3H3,(H,24,28). The molecule has 8 heteroatoms. The zero-order valence-electron chi connectivity index (χ0n) is 16.4. The highest BCUT2D eigenvalue weighted by Crippen LogP contribution is 2.27. The molecule has 0 aliphatic rings. The lowest BCUT2D eigenvalue weighted by atomic mass is 10.2. The molecule has 1 amide bonds. The van der Waals surface area contributed by atoms with Gasteiger partial charge in [-0.25, -0.2) is 0 Å². The molecule has 0 saturated heterocycles. The predicted octanol–water partition coefficient (Wildman–Crippen LogP) is 6.06. The lowest BCUT2D eigenvalue weighted by Gasteiger charge is -2.13. The molecule has 0 fully saturated rings. The van der Waals surface area contributed by atoms with Crippen LogP contribution in [0.4, 0.5) is 5.69 Å². The van der Waals surface area contributed by atoms with Gasteiger partial charge in [0.15, 0.2) is 11.0 Å². The van der Waals surface area contributed by atoms with E-state index in [1.165, 1.54) is 11.8 Å². The first-order valence-electron chi connectivity index (χ1n) is 9.21. The van der Waals surface area contributed by atoms with Crippen LogP contribution in [0.25, 0.3) is 11.4 Å². The summed E-state index contributed by atoms with van der Waals surface area (Å²) in [5, 5.41) is 13.0. The van der Waals surface area contributed by atoms with Gasteiger partial charge in [0.25, 0.3) is 0 Å². The van der Waals surface area contributed by atoms with Crippen molar-refractivity contribution in [3.05, 3.63) is 57.5 Å². The molecule has 0 bridgehead atoms. The maximum atomic E-state index is 12.4. The van der Waals surface area contributed by atoms with E-state index in [9.17, 15) is 4.79 Å². The number of carbonyl (C=O) groups is 1. The molecule has 1 heterocycles. The van der Waals surface area contributed by atoms with Crippen molar-refractivity contribution in [2.75, 3.05) is 11.1 Å².